The molecule has 0 unspecified atom stereocenters. The van der Waals surface area contributed by atoms with Gasteiger partial charge in [0.1, 0.15) is 0 Å². The summed E-state index contributed by atoms with van der Waals surface area (Å²) in [7, 11) is 0. The number of alkyl halides is 2. The number of halogens is 2. The Hall–Kier alpha value is -1.04. The van der Waals surface area contributed by atoms with E-state index in [1.807, 2.05) is 0 Å². The monoisotopic (exact) mass is 259 g/mol. The van der Waals surface area contributed by atoms with E-state index in [1.54, 1.807) is 10.9 Å². The molecule has 0 radical (unpaired) electrons. The third-order valence-electron chi connectivity index (χ3n) is 3.34. The van der Waals surface area contributed by atoms with E-state index in [0.29, 0.717) is 0 Å². The molecule has 4 nitrogen and oxygen atoms in total. The van der Waals surface area contributed by atoms with Crippen LogP contribution in [-0.2, 0) is 6.42 Å². The molecule has 1 aromatic heterocycles. The van der Waals surface area contributed by atoms with Crippen molar-refractivity contribution in [3.8, 4) is 0 Å². The van der Waals surface area contributed by atoms with Crippen molar-refractivity contribution < 1.29 is 13.9 Å². The minimum Gasteiger partial charge on any atom is -0.396 e. The van der Waals surface area contributed by atoms with Gasteiger partial charge in [0.05, 0.1) is 11.7 Å². The summed E-state index contributed by atoms with van der Waals surface area (Å²) in [6.07, 6.45) is 6.27. The van der Waals surface area contributed by atoms with Gasteiger partial charge in [-0.15, -0.1) is 5.10 Å². The zero-order valence-electron chi connectivity index (χ0n) is 10.4. The average Bonchev–Trinajstić information content (AvgIpc) is 2.74. The molecular formula is C12H19F2N3O. The number of aliphatic hydroxyl groups excluding tert-OH is 1. The average molecular weight is 259 g/mol. The summed E-state index contributed by atoms with van der Waals surface area (Å²) in [5.74, 6) is -2.51. The highest BCUT2D eigenvalue weighted by Crippen LogP contribution is 2.44. The van der Waals surface area contributed by atoms with E-state index >= 15 is 0 Å². The smallest absolute Gasteiger partial charge is 0.252 e. The second-order valence-corrected chi connectivity index (χ2v) is 5.00. The normalized spacial score (nSPS) is 18.8. The van der Waals surface area contributed by atoms with Crippen molar-refractivity contribution in [1.82, 2.24) is 15.0 Å². The molecule has 18 heavy (non-hydrogen) atoms. The molecule has 0 bridgehead atoms. The SMILES string of the molecule is OCCCCCCc1cn(C2CC(F)(F)C2)nn1. The quantitative estimate of drug-likeness (QED) is 0.765. The highest BCUT2D eigenvalue weighted by atomic mass is 19.3. The predicted molar refractivity (Wildman–Crippen MR) is 62.5 cm³/mol. The Morgan fingerprint density at radius 1 is 1.28 bits per heavy atom. The van der Waals surface area contributed by atoms with E-state index in [2.05, 4.69) is 10.3 Å². The van der Waals surface area contributed by atoms with Crippen LogP contribution in [0.1, 0.15) is 50.3 Å². The maximum Gasteiger partial charge on any atom is 0.252 e. The Morgan fingerprint density at radius 3 is 2.67 bits per heavy atom. The first-order chi connectivity index (χ1) is 8.61. The largest absolute Gasteiger partial charge is 0.396 e. The molecule has 0 amide bonds. The fourth-order valence-electron chi connectivity index (χ4n) is 2.19. The maximum absolute atomic E-state index is 12.7. The predicted octanol–water partition coefficient (Wildman–Crippen LogP) is 2.34. The molecule has 6 heteroatoms. The summed E-state index contributed by atoms with van der Waals surface area (Å²) in [5, 5.41) is 16.6. The number of rotatable bonds is 7. The molecule has 0 saturated heterocycles. The lowest BCUT2D eigenvalue weighted by Gasteiger charge is -2.34. The second kappa shape index (κ2) is 5.73. The van der Waals surface area contributed by atoms with Crippen LogP contribution in [-0.4, -0.2) is 32.6 Å². The van der Waals surface area contributed by atoms with Crippen LogP contribution in [0.5, 0.6) is 0 Å². The minimum atomic E-state index is -2.51. The fourth-order valence-corrected chi connectivity index (χ4v) is 2.19. The van der Waals surface area contributed by atoms with Gasteiger partial charge >= 0.3 is 0 Å². The molecule has 1 aromatic rings. The summed E-state index contributed by atoms with van der Waals surface area (Å²) in [4.78, 5) is 0. The zero-order chi connectivity index (χ0) is 13.0. The van der Waals surface area contributed by atoms with Crippen LogP contribution in [0.15, 0.2) is 6.20 Å². The van der Waals surface area contributed by atoms with Crippen LogP contribution in [0.4, 0.5) is 8.78 Å². The van der Waals surface area contributed by atoms with Gasteiger partial charge in [0, 0.05) is 25.6 Å². The molecule has 0 aromatic carbocycles. The third kappa shape index (κ3) is 3.48. The lowest BCUT2D eigenvalue weighted by molar-refractivity contribution is -0.107. The highest BCUT2D eigenvalue weighted by Gasteiger charge is 2.46. The second-order valence-electron chi connectivity index (χ2n) is 5.00. The summed E-state index contributed by atoms with van der Waals surface area (Å²) < 4.78 is 27.0. The van der Waals surface area contributed by atoms with Gasteiger partial charge in [0.15, 0.2) is 0 Å². The molecule has 0 spiro atoms. The number of unbranched alkanes of at least 4 members (excludes halogenated alkanes) is 3. The standard InChI is InChI=1S/C12H19F2N3O/c13-12(14)7-11(8-12)17-9-10(15-16-17)5-3-1-2-4-6-18/h9,11,18H,1-8H2. The summed E-state index contributed by atoms with van der Waals surface area (Å²) in [5.41, 5.74) is 0.870. The number of hydrogen-bond donors (Lipinski definition) is 1. The van der Waals surface area contributed by atoms with Crippen LogP contribution >= 0.6 is 0 Å². The fraction of sp³-hybridized carbons (Fsp3) is 0.833. The van der Waals surface area contributed by atoms with Crippen LogP contribution in [0.25, 0.3) is 0 Å². The summed E-state index contributed by atoms with van der Waals surface area (Å²) in [6, 6.07) is -0.185. The Kier molecular flexibility index (Phi) is 4.27. The van der Waals surface area contributed by atoms with Gasteiger partial charge in [-0.25, -0.2) is 13.5 Å². The van der Waals surface area contributed by atoms with Crippen molar-refractivity contribution >= 4 is 0 Å². The van der Waals surface area contributed by atoms with Crippen molar-refractivity contribution in [2.45, 2.75) is 56.9 Å². The van der Waals surface area contributed by atoms with Gasteiger partial charge in [0.2, 0.25) is 0 Å². The van der Waals surface area contributed by atoms with E-state index in [-0.39, 0.29) is 25.5 Å². The molecular weight excluding hydrogens is 240 g/mol. The molecule has 2 rings (SSSR count). The number of aryl methyl sites for hydroxylation is 1. The number of hydrogen-bond acceptors (Lipinski definition) is 3. The Labute approximate surface area is 105 Å². The van der Waals surface area contributed by atoms with E-state index in [4.69, 9.17) is 5.11 Å². The first-order valence-corrected chi connectivity index (χ1v) is 6.50. The molecule has 1 N–H and O–H groups in total. The molecule has 1 saturated carbocycles. The number of aliphatic hydroxyl groups is 1. The minimum absolute atomic E-state index is 0.119. The van der Waals surface area contributed by atoms with Crippen molar-refractivity contribution in [1.29, 1.82) is 0 Å². The molecule has 0 aliphatic heterocycles. The van der Waals surface area contributed by atoms with E-state index in [9.17, 15) is 8.78 Å². The van der Waals surface area contributed by atoms with Gasteiger partial charge in [-0.1, -0.05) is 18.1 Å². The van der Waals surface area contributed by atoms with Crippen LogP contribution < -0.4 is 0 Å². The van der Waals surface area contributed by atoms with Crippen molar-refractivity contribution in [3.05, 3.63) is 11.9 Å². The third-order valence-corrected chi connectivity index (χ3v) is 3.34. The number of aromatic nitrogens is 3. The van der Waals surface area contributed by atoms with Gasteiger partial charge in [0.25, 0.3) is 5.92 Å². The van der Waals surface area contributed by atoms with Gasteiger partial charge in [-0.05, 0) is 19.3 Å². The van der Waals surface area contributed by atoms with Crippen molar-refractivity contribution in [2.75, 3.05) is 6.61 Å². The van der Waals surface area contributed by atoms with Crippen LogP contribution in [0.2, 0.25) is 0 Å². The molecule has 1 heterocycles. The van der Waals surface area contributed by atoms with E-state index < -0.39 is 5.92 Å². The van der Waals surface area contributed by atoms with Gasteiger partial charge < -0.3 is 5.11 Å². The highest BCUT2D eigenvalue weighted by molar-refractivity contribution is 4.97. The molecule has 1 aliphatic carbocycles. The first kappa shape index (κ1) is 13.4. The summed E-state index contributed by atoms with van der Waals surface area (Å²) in [6.45, 7) is 0.242. The topological polar surface area (TPSA) is 50.9 Å². The lowest BCUT2D eigenvalue weighted by atomic mass is 9.88. The Morgan fingerprint density at radius 2 is 2.00 bits per heavy atom. The first-order valence-electron chi connectivity index (χ1n) is 6.50. The number of nitrogens with zero attached hydrogens (tertiary/aromatic N) is 3. The molecule has 1 aliphatic rings. The van der Waals surface area contributed by atoms with Crippen LogP contribution in [0, 0.1) is 0 Å². The van der Waals surface area contributed by atoms with E-state index in [1.165, 1.54) is 0 Å². The Bertz CT molecular complexity index is 373. The van der Waals surface area contributed by atoms with E-state index in [0.717, 1.165) is 37.8 Å². The van der Waals surface area contributed by atoms with Crippen molar-refractivity contribution in [2.24, 2.45) is 0 Å². The zero-order valence-corrected chi connectivity index (χ0v) is 10.4. The Balaban J connectivity index is 1.70. The van der Waals surface area contributed by atoms with Crippen LogP contribution in [0.3, 0.4) is 0 Å². The summed E-state index contributed by atoms with van der Waals surface area (Å²) >= 11 is 0. The lowest BCUT2D eigenvalue weighted by Crippen LogP contribution is -2.37. The van der Waals surface area contributed by atoms with Gasteiger partial charge in [-0.2, -0.15) is 0 Å². The molecule has 1 fully saturated rings. The van der Waals surface area contributed by atoms with Gasteiger partial charge in [-0.3, -0.25) is 0 Å². The van der Waals surface area contributed by atoms with Crippen molar-refractivity contribution in [3.63, 3.8) is 0 Å². The molecule has 102 valence electrons. The molecule has 0 atom stereocenters. The maximum atomic E-state index is 12.7.